The van der Waals surface area contributed by atoms with Gasteiger partial charge in [0.1, 0.15) is 0 Å². The second-order valence-corrected chi connectivity index (χ2v) is 5.20. The number of nitrogens with one attached hydrogen (secondary N) is 1. The van der Waals surface area contributed by atoms with Crippen molar-refractivity contribution in [3.63, 3.8) is 0 Å². The number of benzene rings is 1. The molecule has 0 aliphatic heterocycles. The average molecular weight is 315 g/mol. The summed E-state index contributed by atoms with van der Waals surface area (Å²) in [6, 6.07) is 13.2. The molecule has 0 aliphatic carbocycles. The van der Waals surface area contributed by atoms with Crippen LogP contribution in [-0.2, 0) is 13.0 Å². The monoisotopic (exact) mass is 314 g/mol. The Balaban J connectivity index is 1.50. The molecule has 0 radical (unpaired) electrons. The van der Waals surface area contributed by atoms with Crippen molar-refractivity contribution < 1.29 is 4.52 Å². The molecule has 0 atom stereocenters. The standard InChI is InChI=1S/C16H15ClN4O/c17-13-6-4-12(5-7-13)16-20-15(22-21-16)8-10-18-11-14-3-1-2-9-19-14/h1-7,9,18H,8,10-11H2. The first-order chi connectivity index (χ1) is 10.8. The predicted molar refractivity (Wildman–Crippen MR) is 84.4 cm³/mol. The van der Waals surface area contributed by atoms with Gasteiger partial charge in [0.25, 0.3) is 0 Å². The number of aromatic nitrogens is 3. The Morgan fingerprint density at radius 3 is 2.73 bits per heavy atom. The summed E-state index contributed by atoms with van der Waals surface area (Å²) >= 11 is 5.86. The molecule has 0 saturated heterocycles. The molecule has 0 bridgehead atoms. The van der Waals surface area contributed by atoms with E-state index in [-0.39, 0.29) is 0 Å². The number of hydrogen-bond donors (Lipinski definition) is 1. The first-order valence-corrected chi connectivity index (χ1v) is 7.38. The van der Waals surface area contributed by atoms with Crippen LogP contribution in [0, 0.1) is 0 Å². The van der Waals surface area contributed by atoms with E-state index >= 15 is 0 Å². The summed E-state index contributed by atoms with van der Waals surface area (Å²) in [5, 5.41) is 7.97. The molecular weight excluding hydrogens is 300 g/mol. The number of rotatable bonds is 6. The Morgan fingerprint density at radius 1 is 1.09 bits per heavy atom. The summed E-state index contributed by atoms with van der Waals surface area (Å²) in [6.45, 7) is 1.47. The Morgan fingerprint density at radius 2 is 1.95 bits per heavy atom. The Hall–Kier alpha value is -2.24. The highest BCUT2D eigenvalue weighted by molar-refractivity contribution is 6.30. The number of nitrogens with zero attached hydrogens (tertiary/aromatic N) is 3. The highest BCUT2D eigenvalue weighted by atomic mass is 35.5. The van der Waals surface area contributed by atoms with Crippen LogP contribution >= 0.6 is 11.6 Å². The zero-order valence-corrected chi connectivity index (χ0v) is 12.6. The molecule has 3 rings (SSSR count). The van der Waals surface area contributed by atoms with Gasteiger partial charge in [-0.15, -0.1) is 0 Å². The molecule has 0 amide bonds. The number of hydrogen-bond acceptors (Lipinski definition) is 5. The van der Waals surface area contributed by atoms with Crippen molar-refractivity contribution in [1.82, 2.24) is 20.4 Å². The van der Waals surface area contributed by atoms with E-state index in [2.05, 4.69) is 20.4 Å². The van der Waals surface area contributed by atoms with Crippen molar-refractivity contribution in [3.8, 4) is 11.4 Å². The van der Waals surface area contributed by atoms with E-state index in [1.807, 2.05) is 30.3 Å². The average Bonchev–Trinajstić information content (AvgIpc) is 3.02. The first kappa shape index (κ1) is 14.7. The van der Waals surface area contributed by atoms with Gasteiger partial charge in [0.05, 0.1) is 5.69 Å². The summed E-state index contributed by atoms with van der Waals surface area (Å²) < 4.78 is 5.25. The Labute approximate surface area is 133 Å². The molecule has 0 spiro atoms. The van der Waals surface area contributed by atoms with Crippen LogP contribution in [0.1, 0.15) is 11.6 Å². The Kier molecular flexibility index (Phi) is 4.78. The van der Waals surface area contributed by atoms with Crippen molar-refractivity contribution in [2.75, 3.05) is 6.54 Å². The summed E-state index contributed by atoms with van der Waals surface area (Å²) in [5.74, 6) is 1.19. The maximum atomic E-state index is 5.86. The van der Waals surface area contributed by atoms with E-state index in [0.717, 1.165) is 24.3 Å². The maximum Gasteiger partial charge on any atom is 0.228 e. The van der Waals surface area contributed by atoms with Gasteiger partial charge in [0, 0.05) is 36.3 Å². The minimum atomic E-state index is 0.580. The normalized spacial score (nSPS) is 10.8. The molecule has 0 unspecified atom stereocenters. The molecule has 2 heterocycles. The van der Waals surface area contributed by atoms with Crippen LogP contribution in [0.3, 0.4) is 0 Å². The minimum absolute atomic E-state index is 0.580. The van der Waals surface area contributed by atoms with Crippen LogP contribution in [-0.4, -0.2) is 21.7 Å². The molecule has 0 fully saturated rings. The Bertz CT molecular complexity index is 713. The quantitative estimate of drug-likeness (QED) is 0.708. The van der Waals surface area contributed by atoms with Crippen LogP contribution in [0.5, 0.6) is 0 Å². The maximum absolute atomic E-state index is 5.86. The highest BCUT2D eigenvalue weighted by Crippen LogP contribution is 2.18. The smallest absolute Gasteiger partial charge is 0.228 e. The minimum Gasteiger partial charge on any atom is -0.339 e. The largest absolute Gasteiger partial charge is 0.339 e. The number of halogens is 1. The summed E-state index contributed by atoms with van der Waals surface area (Å²) in [6.07, 6.45) is 2.46. The third kappa shape index (κ3) is 3.90. The highest BCUT2D eigenvalue weighted by Gasteiger charge is 2.08. The fourth-order valence-corrected chi connectivity index (χ4v) is 2.11. The second-order valence-electron chi connectivity index (χ2n) is 4.77. The molecule has 1 aromatic carbocycles. The molecule has 112 valence electrons. The van der Waals surface area contributed by atoms with Crippen LogP contribution in [0.25, 0.3) is 11.4 Å². The van der Waals surface area contributed by atoms with Crippen molar-refractivity contribution in [2.24, 2.45) is 0 Å². The van der Waals surface area contributed by atoms with E-state index in [1.54, 1.807) is 18.3 Å². The van der Waals surface area contributed by atoms with Gasteiger partial charge in [0.15, 0.2) is 0 Å². The fourth-order valence-electron chi connectivity index (χ4n) is 1.99. The van der Waals surface area contributed by atoms with Crippen molar-refractivity contribution >= 4 is 11.6 Å². The summed E-state index contributed by atoms with van der Waals surface area (Å²) in [4.78, 5) is 8.63. The van der Waals surface area contributed by atoms with Crippen LogP contribution in [0.15, 0.2) is 53.2 Å². The predicted octanol–water partition coefficient (Wildman–Crippen LogP) is 3.12. The van der Waals surface area contributed by atoms with Gasteiger partial charge in [-0.3, -0.25) is 4.98 Å². The molecular formula is C16H15ClN4O. The van der Waals surface area contributed by atoms with E-state index < -0.39 is 0 Å². The molecule has 1 N–H and O–H groups in total. The zero-order valence-electron chi connectivity index (χ0n) is 11.9. The third-order valence-corrected chi connectivity index (χ3v) is 3.37. The van der Waals surface area contributed by atoms with E-state index in [1.165, 1.54) is 0 Å². The van der Waals surface area contributed by atoms with Gasteiger partial charge in [-0.05, 0) is 36.4 Å². The summed E-state index contributed by atoms with van der Waals surface area (Å²) in [7, 11) is 0. The van der Waals surface area contributed by atoms with Gasteiger partial charge in [0.2, 0.25) is 11.7 Å². The molecule has 0 aliphatic rings. The lowest BCUT2D eigenvalue weighted by atomic mass is 10.2. The lowest BCUT2D eigenvalue weighted by Crippen LogP contribution is -2.17. The lowest BCUT2D eigenvalue weighted by Gasteiger charge is -2.01. The van der Waals surface area contributed by atoms with Gasteiger partial charge < -0.3 is 9.84 Å². The molecule has 2 aromatic heterocycles. The third-order valence-electron chi connectivity index (χ3n) is 3.12. The van der Waals surface area contributed by atoms with Crippen LogP contribution in [0.2, 0.25) is 5.02 Å². The van der Waals surface area contributed by atoms with Gasteiger partial charge in [-0.2, -0.15) is 4.98 Å². The number of pyridine rings is 1. The second kappa shape index (κ2) is 7.15. The van der Waals surface area contributed by atoms with Crippen molar-refractivity contribution in [3.05, 3.63) is 65.3 Å². The first-order valence-electron chi connectivity index (χ1n) is 7.00. The van der Waals surface area contributed by atoms with Crippen LogP contribution in [0.4, 0.5) is 0 Å². The van der Waals surface area contributed by atoms with Crippen molar-refractivity contribution in [1.29, 1.82) is 0 Å². The van der Waals surface area contributed by atoms with Crippen molar-refractivity contribution in [2.45, 2.75) is 13.0 Å². The summed E-state index contributed by atoms with van der Waals surface area (Å²) in [5.41, 5.74) is 1.90. The van der Waals surface area contributed by atoms with E-state index in [0.29, 0.717) is 23.2 Å². The molecule has 0 saturated carbocycles. The van der Waals surface area contributed by atoms with Gasteiger partial charge in [-0.1, -0.05) is 22.8 Å². The SMILES string of the molecule is Clc1ccc(-c2noc(CCNCc3ccccn3)n2)cc1. The topological polar surface area (TPSA) is 63.8 Å². The van der Waals surface area contributed by atoms with Crippen LogP contribution < -0.4 is 5.32 Å². The van der Waals surface area contributed by atoms with Gasteiger partial charge in [-0.25, -0.2) is 0 Å². The zero-order chi connectivity index (χ0) is 15.2. The van der Waals surface area contributed by atoms with E-state index in [9.17, 15) is 0 Å². The molecule has 6 heteroatoms. The molecule has 3 aromatic rings. The fraction of sp³-hybridized carbons (Fsp3) is 0.188. The molecule has 22 heavy (non-hydrogen) atoms. The lowest BCUT2D eigenvalue weighted by molar-refractivity contribution is 0.376. The molecule has 5 nitrogen and oxygen atoms in total. The van der Waals surface area contributed by atoms with Gasteiger partial charge >= 0.3 is 0 Å². The van der Waals surface area contributed by atoms with E-state index in [4.69, 9.17) is 16.1 Å².